The SMILES string of the molecule is Cc1cccc(N2CCN(C(=O)c3ccc(N4C(=O)[C@H](C)CS4(=O)=O)cc3)CC2)c1C. The number of sulfonamides is 1. The number of carbonyl (C=O) groups excluding carboxylic acids is 2. The number of anilines is 2. The number of hydrogen-bond acceptors (Lipinski definition) is 5. The summed E-state index contributed by atoms with van der Waals surface area (Å²) in [4.78, 5) is 29.3. The third-order valence-electron chi connectivity index (χ3n) is 6.19. The van der Waals surface area contributed by atoms with Crippen LogP contribution in [0.25, 0.3) is 0 Å². The maximum absolute atomic E-state index is 12.9. The van der Waals surface area contributed by atoms with Crippen LogP contribution in [0.5, 0.6) is 0 Å². The number of nitrogens with zero attached hydrogens (tertiary/aromatic N) is 3. The summed E-state index contributed by atoms with van der Waals surface area (Å²) in [6, 6.07) is 12.5. The highest BCUT2D eigenvalue weighted by Crippen LogP contribution is 2.29. The van der Waals surface area contributed by atoms with Gasteiger partial charge in [0.05, 0.1) is 17.4 Å². The lowest BCUT2D eigenvalue weighted by molar-refractivity contribution is -0.119. The lowest BCUT2D eigenvalue weighted by atomic mass is 10.1. The van der Waals surface area contributed by atoms with Crippen molar-refractivity contribution in [2.24, 2.45) is 5.92 Å². The van der Waals surface area contributed by atoms with Crippen molar-refractivity contribution in [3.05, 3.63) is 59.2 Å². The summed E-state index contributed by atoms with van der Waals surface area (Å²) in [7, 11) is -3.65. The molecule has 2 aliphatic rings. The van der Waals surface area contributed by atoms with Gasteiger partial charge in [0.25, 0.3) is 5.91 Å². The van der Waals surface area contributed by atoms with Gasteiger partial charge < -0.3 is 9.80 Å². The van der Waals surface area contributed by atoms with Crippen molar-refractivity contribution in [2.75, 3.05) is 41.1 Å². The third-order valence-corrected chi connectivity index (χ3v) is 8.06. The maximum atomic E-state index is 12.9. The molecule has 2 fully saturated rings. The van der Waals surface area contributed by atoms with Crippen molar-refractivity contribution in [1.82, 2.24) is 4.90 Å². The fourth-order valence-electron chi connectivity index (χ4n) is 4.24. The summed E-state index contributed by atoms with van der Waals surface area (Å²) in [6.45, 7) is 8.57. The van der Waals surface area contributed by atoms with Crippen molar-refractivity contribution >= 4 is 33.2 Å². The molecule has 0 radical (unpaired) electrons. The molecule has 0 bridgehead atoms. The van der Waals surface area contributed by atoms with Crippen LogP contribution in [0.15, 0.2) is 42.5 Å². The first-order valence-electron chi connectivity index (χ1n) is 10.5. The van der Waals surface area contributed by atoms with E-state index in [0.717, 1.165) is 17.4 Å². The Labute approximate surface area is 183 Å². The Kier molecular flexibility index (Phi) is 5.51. The minimum Gasteiger partial charge on any atom is -0.368 e. The fraction of sp³-hybridized carbons (Fsp3) is 0.391. The largest absolute Gasteiger partial charge is 0.368 e. The number of carbonyl (C=O) groups is 2. The first-order chi connectivity index (χ1) is 14.7. The monoisotopic (exact) mass is 441 g/mol. The van der Waals surface area contributed by atoms with Crippen LogP contribution in [0.3, 0.4) is 0 Å². The zero-order valence-electron chi connectivity index (χ0n) is 18.0. The Hall–Kier alpha value is -2.87. The van der Waals surface area contributed by atoms with Crippen molar-refractivity contribution in [1.29, 1.82) is 0 Å². The van der Waals surface area contributed by atoms with Crippen LogP contribution >= 0.6 is 0 Å². The van der Waals surface area contributed by atoms with Gasteiger partial charge in [-0.25, -0.2) is 12.7 Å². The molecule has 0 saturated carbocycles. The summed E-state index contributed by atoms with van der Waals surface area (Å²) in [6.07, 6.45) is 0. The van der Waals surface area contributed by atoms with Crippen LogP contribution in [0, 0.1) is 19.8 Å². The lowest BCUT2D eigenvalue weighted by Gasteiger charge is -2.37. The molecule has 2 heterocycles. The van der Waals surface area contributed by atoms with Crippen LogP contribution < -0.4 is 9.21 Å². The fourth-order valence-corrected chi connectivity index (χ4v) is 6.06. The molecule has 2 aliphatic heterocycles. The van der Waals surface area contributed by atoms with Crippen molar-refractivity contribution in [3.63, 3.8) is 0 Å². The summed E-state index contributed by atoms with van der Waals surface area (Å²) in [5.74, 6) is -1.26. The van der Waals surface area contributed by atoms with E-state index in [-0.39, 0.29) is 17.3 Å². The van der Waals surface area contributed by atoms with E-state index < -0.39 is 21.8 Å². The van der Waals surface area contributed by atoms with E-state index >= 15 is 0 Å². The highest BCUT2D eigenvalue weighted by Gasteiger charge is 2.42. The Morgan fingerprint density at radius 3 is 2.19 bits per heavy atom. The van der Waals surface area contributed by atoms with E-state index in [1.165, 1.54) is 28.9 Å². The highest BCUT2D eigenvalue weighted by molar-refractivity contribution is 7.94. The minimum absolute atomic E-state index is 0.0869. The topological polar surface area (TPSA) is 78.0 Å². The number of amides is 2. The van der Waals surface area contributed by atoms with Gasteiger partial charge in [0.1, 0.15) is 0 Å². The molecule has 2 saturated heterocycles. The Bertz CT molecular complexity index is 1120. The smallest absolute Gasteiger partial charge is 0.253 e. The minimum atomic E-state index is -3.65. The number of rotatable bonds is 3. The quantitative estimate of drug-likeness (QED) is 0.732. The molecule has 1 atom stereocenters. The normalized spacial score (nSPS) is 20.9. The zero-order valence-corrected chi connectivity index (χ0v) is 18.9. The molecular formula is C23H27N3O4S. The zero-order chi connectivity index (χ0) is 22.3. The van der Waals surface area contributed by atoms with Crippen LogP contribution in [-0.4, -0.2) is 57.1 Å². The molecule has 31 heavy (non-hydrogen) atoms. The molecule has 0 N–H and O–H groups in total. The van der Waals surface area contributed by atoms with Crippen LogP contribution in [0.4, 0.5) is 11.4 Å². The average Bonchev–Trinajstić information content (AvgIpc) is 2.96. The summed E-state index contributed by atoms with van der Waals surface area (Å²) >= 11 is 0. The van der Waals surface area contributed by atoms with Crippen LogP contribution in [0.1, 0.15) is 28.4 Å². The Morgan fingerprint density at radius 2 is 1.61 bits per heavy atom. The molecule has 0 aromatic heterocycles. The van der Waals surface area contributed by atoms with Crippen LogP contribution in [0.2, 0.25) is 0 Å². The predicted octanol–water partition coefficient (Wildman–Crippen LogP) is 2.58. The molecular weight excluding hydrogens is 414 g/mol. The Morgan fingerprint density at radius 1 is 0.968 bits per heavy atom. The molecule has 7 nitrogen and oxygen atoms in total. The second kappa shape index (κ2) is 8.00. The molecule has 164 valence electrons. The molecule has 2 aromatic carbocycles. The first-order valence-corrected chi connectivity index (χ1v) is 12.1. The van der Waals surface area contributed by atoms with Crippen molar-refractivity contribution < 1.29 is 18.0 Å². The van der Waals surface area contributed by atoms with Gasteiger partial charge >= 0.3 is 0 Å². The molecule has 2 aromatic rings. The van der Waals surface area contributed by atoms with Crippen molar-refractivity contribution in [2.45, 2.75) is 20.8 Å². The molecule has 0 unspecified atom stereocenters. The lowest BCUT2D eigenvalue weighted by Crippen LogP contribution is -2.49. The number of piperazine rings is 1. The third kappa shape index (κ3) is 3.92. The molecule has 0 aliphatic carbocycles. The summed E-state index contributed by atoms with van der Waals surface area (Å²) in [5, 5.41) is 0. The standard InChI is InChI=1S/C23H27N3O4S/c1-16-5-4-6-21(18(16)3)24-11-13-25(14-12-24)23(28)19-7-9-20(10-8-19)26-22(27)17(2)15-31(26,29)30/h4-10,17H,11-15H2,1-3H3/t17-/m1/s1. The molecule has 0 spiro atoms. The molecule has 2 amide bonds. The van der Waals surface area contributed by atoms with Crippen molar-refractivity contribution in [3.8, 4) is 0 Å². The van der Waals surface area contributed by atoms with Gasteiger partial charge in [-0.3, -0.25) is 9.59 Å². The van der Waals surface area contributed by atoms with Gasteiger partial charge in [-0.1, -0.05) is 19.1 Å². The van der Waals surface area contributed by atoms with E-state index in [1.54, 1.807) is 19.1 Å². The maximum Gasteiger partial charge on any atom is 0.253 e. The van der Waals surface area contributed by atoms with E-state index in [1.807, 2.05) is 4.90 Å². The van der Waals surface area contributed by atoms with E-state index in [2.05, 4.69) is 36.9 Å². The summed E-state index contributed by atoms with van der Waals surface area (Å²) in [5.41, 5.74) is 4.50. The van der Waals surface area contributed by atoms with E-state index in [9.17, 15) is 18.0 Å². The molecule has 4 rings (SSSR count). The highest BCUT2D eigenvalue weighted by atomic mass is 32.2. The van der Waals surface area contributed by atoms with E-state index in [4.69, 9.17) is 0 Å². The average molecular weight is 442 g/mol. The van der Waals surface area contributed by atoms with Gasteiger partial charge in [0.15, 0.2) is 0 Å². The van der Waals surface area contributed by atoms with E-state index in [0.29, 0.717) is 18.7 Å². The predicted molar refractivity (Wildman–Crippen MR) is 121 cm³/mol. The van der Waals surface area contributed by atoms with Gasteiger partial charge in [-0.2, -0.15) is 0 Å². The van der Waals surface area contributed by atoms with Gasteiger partial charge in [-0.15, -0.1) is 0 Å². The first kappa shape index (κ1) is 21.4. The van der Waals surface area contributed by atoms with Gasteiger partial charge in [0, 0.05) is 37.4 Å². The second-order valence-corrected chi connectivity index (χ2v) is 10.2. The van der Waals surface area contributed by atoms with Gasteiger partial charge in [-0.05, 0) is 55.3 Å². The number of hydrogen-bond donors (Lipinski definition) is 0. The van der Waals surface area contributed by atoms with Gasteiger partial charge in [0.2, 0.25) is 15.9 Å². The Balaban J connectivity index is 1.44. The number of aryl methyl sites for hydroxylation is 1. The van der Waals surface area contributed by atoms with Crippen LogP contribution in [-0.2, 0) is 14.8 Å². The summed E-state index contributed by atoms with van der Waals surface area (Å²) < 4.78 is 25.4. The number of benzene rings is 2. The molecule has 8 heteroatoms. The second-order valence-electron chi connectivity index (χ2n) is 8.33.